The summed E-state index contributed by atoms with van der Waals surface area (Å²) in [6, 6.07) is 0.477. The van der Waals surface area contributed by atoms with Gasteiger partial charge in [-0.25, -0.2) is 10.8 Å². The summed E-state index contributed by atoms with van der Waals surface area (Å²) in [5.41, 5.74) is 2.48. The van der Waals surface area contributed by atoms with Crippen molar-refractivity contribution in [1.82, 2.24) is 9.97 Å². The molecule has 0 radical (unpaired) electrons. The molecule has 2 rings (SSSR count). The number of nitrogens with one attached hydrogen (secondary N) is 2. The molecule has 106 valence electrons. The number of aromatic nitrogens is 2. The molecule has 19 heavy (non-hydrogen) atoms. The van der Waals surface area contributed by atoms with Crippen molar-refractivity contribution >= 4 is 27.7 Å². The number of rotatable bonds is 4. The average Bonchev–Trinajstić information content (AvgIpc) is 2.41. The van der Waals surface area contributed by atoms with Crippen LogP contribution in [0.3, 0.4) is 0 Å². The molecular formula is C13H22BrN5. The summed E-state index contributed by atoms with van der Waals surface area (Å²) in [5.74, 6) is 8.00. The Morgan fingerprint density at radius 3 is 2.79 bits per heavy atom. The molecule has 1 aromatic rings. The third-order valence-corrected chi connectivity index (χ3v) is 4.45. The zero-order chi connectivity index (χ0) is 13.8. The Kier molecular flexibility index (Phi) is 4.99. The van der Waals surface area contributed by atoms with Crippen molar-refractivity contribution in [1.29, 1.82) is 0 Å². The van der Waals surface area contributed by atoms with Gasteiger partial charge in [0.15, 0.2) is 0 Å². The monoisotopic (exact) mass is 327 g/mol. The molecule has 0 amide bonds. The Hall–Kier alpha value is -0.880. The molecule has 4 N–H and O–H groups in total. The van der Waals surface area contributed by atoms with E-state index in [1.165, 1.54) is 25.7 Å². The average molecular weight is 328 g/mol. The van der Waals surface area contributed by atoms with E-state index in [-0.39, 0.29) is 0 Å². The number of anilines is 2. The van der Waals surface area contributed by atoms with E-state index >= 15 is 0 Å². The minimum Gasteiger partial charge on any atom is -0.366 e. The number of halogens is 1. The van der Waals surface area contributed by atoms with Gasteiger partial charge in [0, 0.05) is 12.2 Å². The Bertz CT molecular complexity index is 423. The highest BCUT2D eigenvalue weighted by atomic mass is 79.9. The molecule has 1 aliphatic rings. The third-order valence-electron chi connectivity index (χ3n) is 3.87. The second-order valence-electron chi connectivity index (χ2n) is 5.48. The number of nitrogen functional groups attached to an aromatic ring is 1. The molecule has 1 fully saturated rings. The van der Waals surface area contributed by atoms with Gasteiger partial charge in [0.1, 0.15) is 5.82 Å². The Labute approximate surface area is 122 Å². The molecule has 1 aliphatic carbocycles. The van der Waals surface area contributed by atoms with Crippen LogP contribution < -0.4 is 16.6 Å². The molecule has 2 unspecified atom stereocenters. The molecule has 1 heterocycles. The Morgan fingerprint density at radius 1 is 1.37 bits per heavy atom. The molecular weight excluding hydrogens is 306 g/mol. The molecule has 0 saturated heterocycles. The lowest BCUT2D eigenvalue weighted by Gasteiger charge is -2.35. The number of hydrogen-bond donors (Lipinski definition) is 3. The van der Waals surface area contributed by atoms with Gasteiger partial charge in [0.25, 0.3) is 0 Å². The van der Waals surface area contributed by atoms with E-state index in [1.807, 2.05) is 0 Å². The SMILES string of the molecule is CC(C)C1CCCCC1Nc1nc(NN)ncc1Br. The van der Waals surface area contributed by atoms with E-state index in [2.05, 4.69) is 50.5 Å². The smallest absolute Gasteiger partial charge is 0.239 e. The van der Waals surface area contributed by atoms with Gasteiger partial charge in [-0.1, -0.05) is 26.7 Å². The van der Waals surface area contributed by atoms with Crippen LogP contribution in [0.2, 0.25) is 0 Å². The van der Waals surface area contributed by atoms with E-state index < -0.39 is 0 Å². The highest BCUT2D eigenvalue weighted by molar-refractivity contribution is 9.10. The normalized spacial score (nSPS) is 23.4. The van der Waals surface area contributed by atoms with Crippen LogP contribution in [0.25, 0.3) is 0 Å². The van der Waals surface area contributed by atoms with Gasteiger partial charge in [0.05, 0.1) is 4.47 Å². The largest absolute Gasteiger partial charge is 0.366 e. The van der Waals surface area contributed by atoms with Gasteiger partial charge in [-0.2, -0.15) is 4.98 Å². The maximum absolute atomic E-state index is 5.36. The second kappa shape index (κ2) is 6.52. The lowest BCUT2D eigenvalue weighted by molar-refractivity contribution is 0.253. The number of nitrogens with zero attached hydrogens (tertiary/aromatic N) is 2. The van der Waals surface area contributed by atoms with Crippen molar-refractivity contribution in [2.45, 2.75) is 45.6 Å². The zero-order valence-electron chi connectivity index (χ0n) is 11.5. The maximum Gasteiger partial charge on any atom is 0.239 e. The van der Waals surface area contributed by atoms with Gasteiger partial charge in [0.2, 0.25) is 5.95 Å². The number of hydrazine groups is 1. The van der Waals surface area contributed by atoms with E-state index in [1.54, 1.807) is 6.20 Å². The van der Waals surface area contributed by atoms with Gasteiger partial charge in [-0.05, 0) is 40.6 Å². The standard InChI is InChI=1S/C13H22BrN5/c1-8(2)9-5-3-4-6-11(9)17-12-10(14)7-16-13(18-12)19-15/h7-9,11H,3-6,15H2,1-2H3,(H2,16,17,18,19). The van der Waals surface area contributed by atoms with Gasteiger partial charge in [-0.15, -0.1) is 0 Å². The molecule has 6 heteroatoms. The van der Waals surface area contributed by atoms with Gasteiger partial charge >= 0.3 is 0 Å². The molecule has 0 spiro atoms. The summed E-state index contributed by atoms with van der Waals surface area (Å²) in [6.07, 6.45) is 6.83. The molecule has 0 aliphatic heterocycles. The molecule has 0 bridgehead atoms. The van der Waals surface area contributed by atoms with Crippen LogP contribution in [0.4, 0.5) is 11.8 Å². The summed E-state index contributed by atoms with van der Waals surface area (Å²) in [4.78, 5) is 8.44. The Balaban J connectivity index is 2.14. The van der Waals surface area contributed by atoms with Crippen LogP contribution in [0.1, 0.15) is 39.5 Å². The predicted molar refractivity (Wildman–Crippen MR) is 81.7 cm³/mol. The van der Waals surface area contributed by atoms with E-state index in [0.717, 1.165) is 10.3 Å². The van der Waals surface area contributed by atoms with E-state index in [9.17, 15) is 0 Å². The minimum atomic E-state index is 0.433. The summed E-state index contributed by atoms with van der Waals surface area (Å²) in [5, 5.41) is 3.56. The summed E-state index contributed by atoms with van der Waals surface area (Å²) < 4.78 is 0.875. The maximum atomic E-state index is 5.36. The lowest BCUT2D eigenvalue weighted by atomic mass is 9.78. The summed E-state index contributed by atoms with van der Waals surface area (Å²) in [7, 11) is 0. The van der Waals surface area contributed by atoms with Crippen molar-refractivity contribution in [3.8, 4) is 0 Å². The molecule has 2 atom stereocenters. The van der Waals surface area contributed by atoms with Crippen LogP contribution in [-0.4, -0.2) is 16.0 Å². The highest BCUT2D eigenvalue weighted by Gasteiger charge is 2.28. The molecule has 1 aromatic heterocycles. The van der Waals surface area contributed by atoms with Crippen LogP contribution in [-0.2, 0) is 0 Å². The third kappa shape index (κ3) is 3.57. The van der Waals surface area contributed by atoms with Crippen LogP contribution in [0, 0.1) is 11.8 Å². The van der Waals surface area contributed by atoms with Crippen molar-refractivity contribution in [2.75, 3.05) is 10.7 Å². The minimum absolute atomic E-state index is 0.433. The van der Waals surface area contributed by atoms with Crippen LogP contribution in [0.15, 0.2) is 10.7 Å². The fourth-order valence-electron chi connectivity index (χ4n) is 2.85. The molecule has 1 saturated carbocycles. The second-order valence-corrected chi connectivity index (χ2v) is 6.33. The van der Waals surface area contributed by atoms with E-state index in [0.29, 0.717) is 23.8 Å². The van der Waals surface area contributed by atoms with Crippen molar-refractivity contribution < 1.29 is 0 Å². The zero-order valence-corrected chi connectivity index (χ0v) is 13.1. The fourth-order valence-corrected chi connectivity index (χ4v) is 3.16. The highest BCUT2D eigenvalue weighted by Crippen LogP contribution is 2.33. The Morgan fingerprint density at radius 2 is 2.11 bits per heavy atom. The van der Waals surface area contributed by atoms with Crippen molar-refractivity contribution in [3.05, 3.63) is 10.7 Å². The van der Waals surface area contributed by atoms with Gasteiger partial charge in [-0.3, -0.25) is 5.43 Å². The first kappa shape index (κ1) is 14.5. The van der Waals surface area contributed by atoms with Crippen LogP contribution in [0.5, 0.6) is 0 Å². The van der Waals surface area contributed by atoms with Crippen molar-refractivity contribution in [2.24, 2.45) is 17.7 Å². The molecule has 5 nitrogen and oxygen atoms in total. The summed E-state index contributed by atoms with van der Waals surface area (Å²) in [6.45, 7) is 4.60. The molecule has 0 aromatic carbocycles. The summed E-state index contributed by atoms with van der Waals surface area (Å²) >= 11 is 3.49. The lowest BCUT2D eigenvalue weighted by Crippen LogP contribution is -2.35. The number of hydrogen-bond acceptors (Lipinski definition) is 5. The first-order valence-corrected chi connectivity index (χ1v) is 7.66. The first-order valence-electron chi connectivity index (χ1n) is 6.87. The quantitative estimate of drug-likeness (QED) is 0.585. The fraction of sp³-hybridized carbons (Fsp3) is 0.692. The number of nitrogens with two attached hydrogens (primary N) is 1. The van der Waals surface area contributed by atoms with E-state index in [4.69, 9.17) is 5.84 Å². The predicted octanol–water partition coefficient (Wildman–Crippen LogP) is 3.15. The van der Waals surface area contributed by atoms with Gasteiger partial charge < -0.3 is 5.32 Å². The first-order chi connectivity index (χ1) is 9.11. The van der Waals surface area contributed by atoms with Crippen LogP contribution >= 0.6 is 15.9 Å². The van der Waals surface area contributed by atoms with Crippen molar-refractivity contribution in [3.63, 3.8) is 0 Å². The topological polar surface area (TPSA) is 75.9 Å².